The van der Waals surface area contributed by atoms with E-state index < -0.39 is 0 Å². The van der Waals surface area contributed by atoms with Crippen molar-refractivity contribution in [3.63, 3.8) is 0 Å². The highest BCUT2D eigenvalue weighted by molar-refractivity contribution is 6.03. The fourth-order valence-electron chi connectivity index (χ4n) is 2.34. The first-order valence-electron chi connectivity index (χ1n) is 6.00. The van der Waals surface area contributed by atoms with Crippen molar-refractivity contribution in [1.82, 2.24) is 0 Å². The first kappa shape index (κ1) is 10.3. The van der Waals surface area contributed by atoms with E-state index in [1.165, 1.54) is 0 Å². The molecule has 0 aliphatic heterocycles. The third kappa shape index (κ3) is 1.45. The number of hydrogen-bond acceptors (Lipinski definition) is 2. The van der Waals surface area contributed by atoms with E-state index in [0.29, 0.717) is 16.6 Å². The van der Waals surface area contributed by atoms with Crippen LogP contribution in [0, 0.1) is 0 Å². The van der Waals surface area contributed by atoms with Gasteiger partial charge in [0.15, 0.2) is 0 Å². The lowest BCUT2D eigenvalue weighted by Crippen LogP contribution is -1.99. The third-order valence-corrected chi connectivity index (χ3v) is 3.24. The van der Waals surface area contributed by atoms with Gasteiger partial charge in [-0.25, -0.2) is 9.21 Å². The van der Waals surface area contributed by atoms with E-state index in [-0.39, 0.29) is 5.63 Å². The zero-order chi connectivity index (χ0) is 12.8. The SMILES string of the molecule is O=c1oc2cc3ccccc3[o+]c2c2ccccc12. The van der Waals surface area contributed by atoms with Crippen molar-refractivity contribution in [3.05, 3.63) is 65.0 Å². The van der Waals surface area contributed by atoms with Gasteiger partial charge in [0.2, 0.25) is 5.58 Å². The second-order valence-corrected chi connectivity index (χ2v) is 4.41. The van der Waals surface area contributed by atoms with E-state index in [1.807, 2.05) is 48.5 Å². The van der Waals surface area contributed by atoms with E-state index in [9.17, 15) is 4.79 Å². The van der Waals surface area contributed by atoms with Crippen molar-refractivity contribution in [1.29, 1.82) is 0 Å². The predicted molar refractivity (Wildman–Crippen MR) is 74.2 cm³/mol. The summed E-state index contributed by atoms with van der Waals surface area (Å²) in [6, 6.07) is 16.8. The molecule has 90 valence electrons. The average molecular weight is 249 g/mol. The lowest BCUT2D eigenvalue weighted by Gasteiger charge is -1.95. The monoisotopic (exact) mass is 249 g/mol. The molecule has 4 aromatic rings. The van der Waals surface area contributed by atoms with Gasteiger partial charge in [0, 0.05) is 12.1 Å². The largest absolute Gasteiger partial charge is 0.413 e. The minimum absolute atomic E-state index is 0.339. The molecule has 0 amide bonds. The lowest BCUT2D eigenvalue weighted by atomic mass is 10.1. The number of para-hydroxylation sites is 1. The van der Waals surface area contributed by atoms with Crippen LogP contribution in [0.3, 0.4) is 0 Å². The molecule has 0 saturated carbocycles. The van der Waals surface area contributed by atoms with Crippen LogP contribution in [0.15, 0.2) is 68.2 Å². The van der Waals surface area contributed by atoms with Crippen molar-refractivity contribution in [3.8, 4) is 0 Å². The van der Waals surface area contributed by atoms with Gasteiger partial charge in [-0.3, -0.25) is 0 Å². The summed E-state index contributed by atoms with van der Waals surface area (Å²) in [6.07, 6.45) is 0. The van der Waals surface area contributed by atoms with Crippen molar-refractivity contribution >= 4 is 32.9 Å². The highest BCUT2D eigenvalue weighted by Crippen LogP contribution is 2.27. The van der Waals surface area contributed by atoms with Crippen molar-refractivity contribution in [2.24, 2.45) is 0 Å². The molecule has 3 heteroatoms. The number of hydrogen-bond donors (Lipinski definition) is 0. The van der Waals surface area contributed by atoms with Crippen LogP contribution >= 0.6 is 0 Å². The zero-order valence-corrected chi connectivity index (χ0v) is 9.92. The van der Waals surface area contributed by atoms with Crippen LogP contribution in [0.5, 0.6) is 0 Å². The molecule has 4 rings (SSSR count). The molecule has 0 atom stereocenters. The van der Waals surface area contributed by atoms with E-state index in [2.05, 4.69) is 0 Å². The van der Waals surface area contributed by atoms with Gasteiger partial charge in [0.1, 0.15) is 0 Å². The molecule has 0 radical (unpaired) electrons. The summed E-state index contributed by atoms with van der Waals surface area (Å²) in [6.45, 7) is 0. The molecule has 3 nitrogen and oxygen atoms in total. The molecular weight excluding hydrogens is 240 g/mol. The molecule has 0 N–H and O–H groups in total. The van der Waals surface area contributed by atoms with Gasteiger partial charge in [-0.05, 0) is 18.2 Å². The van der Waals surface area contributed by atoms with Gasteiger partial charge < -0.3 is 4.42 Å². The Hall–Kier alpha value is -2.68. The normalized spacial score (nSPS) is 11.4. The van der Waals surface area contributed by atoms with Crippen LogP contribution in [-0.2, 0) is 0 Å². The molecule has 19 heavy (non-hydrogen) atoms. The predicted octanol–water partition coefficient (Wildman–Crippen LogP) is 3.97. The summed E-state index contributed by atoms with van der Waals surface area (Å²) < 4.78 is 11.2. The Balaban J connectivity index is 2.32. The Morgan fingerprint density at radius 2 is 1.63 bits per heavy atom. The minimum atomic E-state index is -0.339. The Kier molecular flexibility index (Phi) is 1.97. The summed E-state index contributed by atoms with van der Waals surface area (Å²) in [7, 11) is 0. The fraction of sp³-hybridized carbons (Fsp3) is 0. The maximum atomic E-state index is 11.9. The van der Waals surface area contributed by atoms with Crippen molar-refractivity contribution in [2.75, 3.05) is 0 Å². The standard InChI is InChI=1S/C16H9O3/c17-16-12-7-3-2-6-11(12)15-14(19-16)9-10-5-1-4-8-13(10)18-15/h1-9H/q+1. The zero-order valence-electron chi connectivity index (χ0n) is 9.92. The summed E-state index contributed by atoms with van der Waals surface area (Å²) >= 11 is 0. The highest BCUT2D eigenvalue weighted by Gasteiger charge is 2.19. The van der Waals surface area contributed by atoms with Crippen molar-refractivity contribution < 1.29 is 8.83 Å². The van der Waals surface area contributed by atoms with E-state index >= 15 is 0 Å². The summed E-state index contributed by atoms with van der Waals surface area (Å²) in [5.74, 6) is 0. The van der Waals surface area contributed by atoms with E-state index in [0.717, 1.165) is 16.4 Å². The summed E-state index contributed by atoms with van der Waals surface area (Å²) in [5, 5.41) is 2.22. The van der Waals surface area contributed by atoms with Crippen LogP contribution < -0.4 is 5.63 Å². The molecule has 0 saturated heterocycles. The van der Waals surface area contributed by atoms with E-state index in [1.54, 1.807) is 6.07 Å². The van der Waals surface area contributed by atoms with Gasteiger partial charge in [-0.15, -0.1) is 0 Å². The van der Waals surface area contributed by atoms with Crippen LogP contribution in [0.4, 0.5) is 0 Å². The lowest BCUT2D eigenvalue weighted by molar-refractivity contribution is 0.553. The Morgan fingerprint density at radius 1 is 0.895 bits per heavy atom. The highest BCUT2D eigenvalue weighted by atomic mass is 16.4. The van der Waals surface area contributed by atoms with Gasteiger partial charge in [-0.2, -0.15) is 0 Å². The maximum absolute atomic E-state index is 11.9. The first-order valence-corrected chi connectivity index (χ1v) is 6.00. The van der Waals surface area contributed by atoms with Crippen LogP contribution in [-0.4, -0.2) is 0 Å². The second kappa shape index (κ2) is 3.65. The first-order chi connectivity index (χ1) is 9.33. The molecule has 0 bridgehead atoms. The molecule has 0 aliphatic rings. The molecular formula is C16H9O3+. The fourth-order valence-corrected chi connectivity index (χ4v) is 2.34. The van der Waals surface area contributed by atoms with Crippen molar-refractivity contribution in [2.45, 2.75) is 0 Å². The third-order valence-electron chi connectivity index (χ3n) is 3.24. The van der Waals surface area contributed by atoms with E-state index in [4.69, 9.17) is 8.83 Å². The quantitative estimate of drug-likeness (QED) is 0.269. The number of rotatable bonds is 0. The minimum Gasteiger partial charge on any atom is -0.413 e. The summed E-state index contributed by atoms with van der Waals surface area (Å²) in [4.78, 5) is 11.9. The summed E-state index contributed by atoms with van der Waals surface area (Å²) in [5.41, 5.74) is 1.51. The van der Waals surface area contributed by atoms with Gasteiger partial charge in [0.25, 0.3) is 0 Å². The van der Waals surface area contributed by atoms with Gasteiger partial charge >= 0.3 is 16.8 Å². The van der Waals surface area contributed by atoms with Crippen LogP contribution in [0.2, 0.25) is 0 Å². The molecule has 0 spiro atoms. The van der Waals surface area contributed by atoms with Crippen LogP contribution in [0.25, 0.3) is 32.9 Å². The molecule has 0 aliphatic carbocycles. The average Bonchev–Trinajstić information content (AvgIpc) is 2.46. The molecule has 2 aromatic carbocycles. The maximum Gasteiger partial charge on any atom is 0.403 e. The van der Waals surface area contributed by atoms with Crippen LogP contribution in [0.1, 0.15) is 0 Å². The number of benzene rings is 2. The molecule has 0 unspecified atom stereocenters. The van der Waals surface area contributed by atoms with Gasteiger partial charge in [-0.1, -0.05) is 24.3 Å². The molecule has 0 fully saturated rings. The topological polar surface area (TPSA) is 41.5 Å². The Labute approximate surface area is 107 Å². The van der Waals surface area contributed by atoms with Gasteiger partial charge in [0.05, 0.1) is 16.2 Å². The second-order valence-electron chi connectivity index (χ2n) is 4.41. The Bertz CT molecular complexity index is 983. The number of fused-ring (bicyclic) bond motifs is 4. The molecule has 2 aromatic heterocycles. The molecule has 2 heterocycles. The Morgan fingerprint density at radius 3 is 2.53 bits per heavy atom. The smallest absolute Gasteiger partial charge is 0.403 e.